The molecule has 0 saturated heterocycles. The van der Waals surface area contributed by atoms with Gasteiger partial charge in [0, 0.05) is 22.6 Å². The number of rotatable bonds is 8. The molecule has 2 heterocycles. The third kappa shape index (κ3) is 4.43. The highest BCUT2D eigenvalue weighted by molar-refractivity contribution is 7.91. The maximum absolute atomic E-state index is 13.4. The highest BCUT2D eigenvalue weighted by atomic mass is 32.2. The number of hydrogen-bond donors (Lipinski definition) is 1. The highest BCUT2D eigenvalue weighted by Crippen LogP contribution is 2.47. The predicted octanol–water partition coefficient (Wildman–Crippen LogP) is 4.86. The van der Waals surface area contributed by atoms with Gasteiger partial charge in [0.05, 0.1) is 31.4 Å². The average Bonchev–Trinajstić information content (AvgIpc) is 3.26. The molecule has 9 heteroatoms. The highest BCUT2D eigenvalue weighted by Gasteiger charge is 2.34. The summed E-state index contributed by atoms with van der Waals surface area (Å²) in [7, 11) is -0.727. The number of carbonyl (C=O) groups excluding carboxylic acids is 1. The minimum absolute atomic E-state index is 0.0988. The fraction of sp³-hybridized carbons (Fsp3) is 0.292. The summed E-state index contributed by atoms with van der Waals surface area (Å²) in [4.78, 5) is 13.6. The first kappa shape index (κ1) is 23.1. The Morgan fingerprint density at radius 3 is 2.48 bits per heavy atom. The minimum Gasteiger partial charge on any atom is -0.497 e. The zero-order chi connectivity index (χ0) is 23.6. The molecule has 0 bridgehead atoms. The Labute approximate surface area is 197 Å². The van der Waals surface area contributed by atoms with Gasteiger partial charge in [-0.25, -0.2) is 8.42 Å². The van der Waals surface area contributed by atoms with Crippen molar-refractivity contribution in [2.24, 2.45) is 0 Å². The van der Waals surface area contributed by atoms with Gasteiger partial charge in [-0.3, -0.25) is 4.79 Å². The van der Waals surface area contributed by atoms with Crippen molar-refractivity contribution >= 4 is 32.8 Å². The number of ether oxygens (including phenoxy) is 3. The van der Waals surface area contributed by atoms with Gasteiger partial charge in [0.2, 0.25) is 15.7 Å². The molecule has 174 valence electrons. The van der Waals surface area contributed by atoms with E-state index in [-0.39, 0.29) is 28.0 Å². The molecule has 1 amide bonds. The predicted molar refractivity (Wildman–Crippen MR) is 127 cm³/mol. The molecule has 0 radical (unpaired) electrons. The lowest BCUT2D eigenvalue weighted by Gasteiger charge is -2.24. The van der Waals surface area contributed by atoms with Gasteiger partial charge in [0.15, 0.2) is 11.5 Å². The molecule has 1 aromatic heterocycles. The molecular weight excluding hydrogens is 462 g/mol. The van der Waals surface area contributed by atoms with Crippen LogP contribution in [0.2, 0.25) is 0 Å². The topological polar surface area (TPSA) is 90.9 Å². The van der Waals surface area contributed by atoms with Crippen molar-refractivity contribution in [1.29, 1.82) is 0 Å². The van der Waals surface area contributed by atoms with E-state index >= 15 is 0 Å². The van der Waals surface area contributed by atoms with Gasteiger partial charge in [-0.1, -0.05) is 13.0 Å². The summed E-state index contributed by atoms with van der Waals surface area (Å²) < 4.78 is 43.1. The number of benzene rings is 2. The van der Waals surface area contributed by atoms with Gasteiger partial charge in [-0.15, -0.1) is 11.3 Å². The molecule has 0 aliphatic carbocycles. The SMILES string of the molecule is CCCOc1cc([C@@H]2CC(=O)Nc3c(S(=O)(=O)c4ccc(OC)cc4)csc32)ccc1OC. The van der Waals surface area contributed by atoms with Crippen molar-refractivity contribution in [3.63, 3.8) is 0 Å². The maximum Gasteiger partial charge on any atom is 0.225 e. The van der Waals surface area contributed by atoms with Gasteiger partial charge in [-0.05, 0) is 48.4 Å². The Morgan fingerprint density at radius 1 is 1.06 bits per heavy atom. The Bertz CT molecular complexity index is 1260. The smallest absolute Gasteiger partial charge is 0.225 e. The molecule has 1 atom stereocenters. The zero-order valence-corrected chi connectivity index (χ0v) is 20.2. The number of nitrogens with one attached hydrogen (secondary N) is 1. The lowest BCUT2D eigenvalue weighted by atomic mass is 9.90. The fourth-order valence-corrected chi connectivity index (χ4v) is 6.70. The molecule has 2 aromatic carbocycles. The van der Waals surface area contributed by atoms with Gasteiger partial charge in [0.1, 0.15) is 10.6 Å². The van der Waals surface area contributed by atoms with Crippen LogP contribution in [0.25, 0.3) is 0 Å². The molecule has 0 unspecified atom stereocenters. The number of carbonyl (C=O) groups is 1. The number of anilines is 1. The van der Waals surface area contributed by atoms with Crippen LogP contribution in [0.15, 0.2) is 57.6 Å². The van der Waals surface area contributed by atoms with E-state index < -0.39 is 9.84 Å². The first-order chi connectivity index (χ1) is 15.9. The molecule has 4 rings (SSSR count). The van der Waals surface area contributed by atoms with Crippen molar-refractivity contribution in [1.82, 2.24) is 0 Å². The monoisotopic (exact) mass is 487 g/mol. The van der Waals surface area contributed by atoms with E-state index in [1.165, 1.54) is 30.6 Å². The van der Waals surface area contributed by atoms with Crippen LogP contribution in [-0.2, 0) is 14.6 Å². The van der Waals surface area contributed by atoms with Crippen LogP contribution in [0.4, 0.5) is 5.69 Å². The first-order valence-electron chi connectivity index (χ1n) is 10.5. The molecule has 33 heavy (non-hydrogen) atoms. The third-order valence-corrected chi connectivity index (χ3v) is 8.51. The van der Waals surface area contributed by atoms with Crippen LogP contribution < -0.4 is 19.5 Å². The summed E-state index contributed by atoms with van der Waals surface area (Å²) in [5.41, 5.74) is 1.22. The van der Waals surface area contributed by atoms with Crippen LogP contribution in [0.5, 0.6) is 17.2 Å². The molecule has 1 aliphatic heterocycles. The summed E-state index contributed by atoms with van der Waals surface area (Å²) in [5, 5.41) is 4.39. The van der Waals surface area contributed by atoms with Crippen molar-refractivity contribution in [3.05, 3.63) is 58.3 Å². The second-order valence-corrected chi connectivity index (χ2v) is 10.4. The van der Waals surface area contributed by atoms with Gasteiger partial charge < -0.3 is 19.5 Å². The lowest BCUT2D eigenvalue weighted by molar-refractivity contribution is -0.116. The van der Waals surface area contributed by atoms with E-state index in [1.807, 2.05) is 25.1 Å². The van der Waals surface area contributed by atoms with Crippen LogP contribution in [0.3, 0.4) is 0 Å². The van der Waals surface area contributed by atoms with E-state index in [9.17, 15) is 13.2 Å². The second-order valence-electron chi connectivity index (χ2n) is 7.58. The molecule has 0 spiro atoms. The Balaban J connectivity index is 1.75. The van der Waals surface area contributed by atoms with Gasteiger partial charge in [-0.2, -0.15) is 0 Å². The van der Waals surface area contributed by atoms with E-state index in [0.717, 1.165) is 16.9 Å². The van der Waals surface area contributed by atoms with E-state index in [0.29, 0.717) is 29.5 Å². The maximum atomic E-state index is 13.4. The largest absolute Gasteiger partial charge is 0.497 e. The van der Waals surface area contributed by atoms with Crippen LogP contribution in [0, 0.1) is 0 Å². The van der Waals surface area contributed by atoms with E-state index in [2.05, 4.69) is 5.32 Å². The molecular formula is C24H25NO6S2. The fourth-order valence-electron chi connectivity index (χ4n) is 3.79. The summed E-state index contributed by atoms with van der Waals surface area (Å²) >= 11 is 1.33. The molecule has 1 aliphatic rings. The van der Waals surface area contributed by atoms with E-state index in [1.54, 1.807) is 24.6 Å². The van der Waals surface area contributed by atoms with Crippen LogP contribution in [-0.4, -0.2) is 35.2 Å². The lowest BCUT2D eigenvalue weighted by Crippen LogP contribution is -2.23. The number of thiophene rings is 1. The van der Waals surface area contributed by atoms with Crippen LogP contribution >= 0.6 is 11.3 Å². The number of sulfone groups is 1. The summed E-state index contributed by atoms with van der Waals surface area (Å²) in [6.45, 7) is 2.56. The molecule has 0 saturated carbocycles. The first-order valence-corrected chi connectivity index (χ1v) is 12.9. The molecule has 3 aromatic rings. The molecule has 1 N–H and O–H groups in total. The van der Waals surface area contributed by atoms with Crippen LogP contribution in [0.1, 0.15) is 36.1 Å². The third-order valence-electron chi connectivity index (χ3n) is 5.47. The summed E-state index contributed by atoms with van der Waals surface area (Å²) in [6.07, 6.45) is 1.07. The van der Waals surface area contributed by atoms with Crippen molar-refractivity contribution in [2.45, 2.75) is 35.5 Å². The van der Waals surface area contributed by atoms with Gasteiger partial charge in [0.25, 0.3) is 0 Å². The standard InChI is InChI=1S/C24H25NO6S2/c1-4-11-31-20-12-15(5-10-19(20)30-3)18-13-22(26)25-23-21(14-32-24(18)23)33(27,28)17-8-6-16(29-2)7-9-17/h5-10,12,14,18H,4,11,13H2,1-3H3,(H,25,26)/t18-/m0/s1. The van der Waals surface area contributed by atoms with Crippen molar-refractivity contribution in [3.8, 4) is 17.2 Å². The summed E-state index contributed by atoms with van der Waals surface area (Å²) in [6, 6.07) is 11.8. The minimum atomic E-state index is -3.83. The zero-order valence-electron chi connectivity index (χ0n) is 18.6. The number of hydrogen-bond acceptors (Lipinski definition) is 7. The quantitative estimate of drug-likeness (QED) is 0.488. The Hall–Kier alpha value is -3.04. The Kier molecular flexibility index (Phi) is 6.62. The summed E-state index contributed by atoms with van der Waals surface area (Å²) in [5.74, 6) is 1.27. The number of amides is 1. The molecule has 0 fully saturated rings. The number of fused-ring (bicyclic) bond motifs is 1. The Morgan fingerprint density at radius 2 is 1.82 bits per heavy atom. The average molecular weight is 488 g/mol. The molecule has 7 nitrogen and oxygen atoms in total. The van der Waals surface area contributed by atoms with Gasteiger partial charge >= 0.3 is 0 Å². The number of methoxy groups -OCH3 is 2. The van der Waals surface area contributed by atoms with E-state index in [4.69, 9.17) is 14.2 Å². The normalized spacial score (nSPS) is 15.5. The second kappa shape index (κ2) is 9.44. The van der Waals surface area contributed by atoms with Crippen molar-refractivity contribution < 1.29 is 27.4 Å². The van der Waals surface area contributed by atoms with Crippen molar-refractivity contribution in [2.75, 3.05) is 26.1 Å².